The number of ether oxygens (including phenoxy) is 1. The SMILES string of the molecule is O=C(O)c1cccc2c1OC(Cl)C2. The third-order valence-corrected chi connectivity index (χ3v) is 2.20. The van der Waals surface area contributed by atoms with Crippen molar-refractivity contribution >= 4 is 17.6 Å². The normalized spacial score (nSPS) is 19.3. The van der Waals surface area contributed by atoms with Crippen LogP contribution in [0.25, 0.3) is 0 Å². The maximum Gasteiger partial charge on any atom is 0.339 e. The Morgan fingerprint density at radius 1 is 1.62 bits per heavy atom. The van der Waals surface area contributed by atoms with Crippen LogP contribution in [0.3, 0.4) is 0 Å². The maximum atomic E-state index is 10.7. The quantitative estimate of drug-likeness (QED) is 0.701. The van der Waals surface area contributed by atoms with E-state index < -0.39 is 11.5 Å². The topological polar surface area (TPSA) is 46.5 Å². The Labute approximate surface area is 79.9 Å². The number of carboxylic acid groups (broad SMARTS) is 1. The summed E-state index contributed by atoms with van der Waals surface area (Å²) < 4.78 is 5.18. The zero-order valence-electron chi connectivity index (χ0n) is 6.66. The second-order valence-electron chi connectivity index (χ2n) is 2.83. The second kappa shape index (κ2) is 2.92. The number of para-hydroxylation sites is 1. The third-order valence-electron chi connectivity index (χ3n) is 1.95. The molecular formula is C9H7ClO3. The van der Waals surface area contributed by atoms with Crippen LogP contribution in [0.5, 0.6) is 5.75 Å². The van der Waals surface area contributed by atoms with Gasteiger partial charge in [0.2, 0.25) is 0 Å². The zero-order chi connectivity index (χ0) is 9.42. The van der Waals surface area contributed by atoms with E-state index in [1.807, 2.05) is 6.07 Å². The molecule has 1 atom stereocenters. The number of aromatic carboxylic acids is 1. The van der Waals surface area contributed by atoms with E-state index in [0.717, 1.165) is 5.56 Å². The first-order valence-electron chi connectivity index (χ1n) is 3.84. The lowest BCUT2D eigenvalue weighted by molar-refractivity contribution is 0.0693. The monoisotopic (exact) mass is 198 g/mol. The van der Waals surface area contributed by atoms with Gasteiger partial charge in [-0.25, -0.2) is 4.79 Å². The summed E-state index contributed by atoms with van der Waals surface area (Å²) in [5.74, 6) is -0.572. The van der Waals surface area contributed by atoms with E-state index >= 15 is 0 Å². The molecule has 0 saturated heterocycles. The molecule has 0 amide bonds. The van der Waals surface area contributed by atoms with Crippen molar-refractivity contribution in [2.24, 2.45) is 0 Å². The second-order valence-corrected chi connectivity index (χ2v) is 3.32. The summed E-state index contributed by atoms with van der Waals surface area (Å²) in [7, 11) is 0. The molecule has 4 heteroatoms. The zero-order valence-corrected chi connectivity index (χ0v) is 7.41. The van der Waals surface area contributed by atoms with Gasteiger partial charge >= 0.3 is 5.97 Å². The molecule has 0 saturated carbocycles. The Morgan fingerprint density at radius 3 is 3.08 bits per heavy atom. The standard InChI is InChI=1S/C9H7ClO3/c10-7-4-5-2-1-3-6(9(11)12)8(5)13-7/h1-3,7H,4H2,(H,11,12). The Kier molecular flexibility index (Phi) is 1.88. The van der Waals surface area contributed by atoms with Gasteiger partial charge in [-0.2, -0.15) is 0 Å². The van der Waals surface area contributed by atoms with Crippen LogP contribution in [0.15, 0.2) is 18.2 Å². The summed E-state index contributed by atoms with van der Waals surface area (Å²) in [5, 5.41) is 8.81. The van der Waals surface area contributed by atoms with Gasteiger partial charge in [0.15, 0.2) is 5.56 Å². The molecule has 2 rings (SSSR count). The molecule has 1 unspecified atom stereocenters. The van der Waals surface area contributed by atoms with Crippen molar-refractivity contribution in [1.29, 1.82) is 0 Å². The molecule has 1 aromatic carbocycles. The van der Waals surface area contributed by atoms with Gasteiger partial charge in [0, 0.05) is 12.0 Å². The van der Waals surface area contributed by atoms with Gasteiger partial charge in [0.1, 0.15) is 11.3 Å². The molecule has 0 aliphatic carbocycles. The van der Waals surface area contributed by atoms with Crippen LogP contribution < -0.4 is 4.74 Å². The van der Waals surface area contributed by atoms with Crippen LogP contribution >= 0.6 is 11.6 Å². The number of halogens is 1. The van der Waals surface area contributed by atoms with E-state index in [-0.39, 0.29) is 5.56 Å². The fourth-order valence-electron chi connectivity index (χ4n) is 1.40. The van der Waals surface area contributed by atoms with Crippen LogP contribution in [-0.4, -0.2) is 16.6 Å². The number of alkyl halides is 1. The average molecular weight is 199 g/mol. The minimum atomic E-state index is -0.984. The predicted octanol–water partition coefficient (Wildman–Crippen LogP) is 1.88. The fraction of sp³-hybridized carbons (Fsp3) is 0.222. The summed E-state index contributed by atoms with van der Waals surface area (Å²) >= 11 is 5.74. The number of hydrogen-bond acceptors (Lipinski definition) is 2. The highest BCUT2D eigenvalue weighted by molar-refractivity contribution is 6.20. The number of hydrogen-bond donors (Lipinski definition) is 1. The van der Waals surface area contributed by atoms with E-state index in [9.17, 15) is 4.79 Å². The third kappa shape index (κ3) is 1.35. The Balaban J connectivity index is 2.51. The molecular weight excluding hydrogens is 192 g/mol. The van der Waals surface area contributed by atoms with Crippen LogP contribution in [0.4, 0.5) is 0 Å². The molecule has 1 aromatic rings. The summed E-state index contributed by atoms with van der Waals surface area (Å²) in [6.45, 7) is 0. The summed E-state index contributed by atoms with van der Waals surface area (Å²) in [5.41, 5.74) is 0.607. The van der Waals surface area contributed by atoms with E-state index in [2.05, 4.69) is 0 Å². The molecule has 0 bridgehead atoms. The van der Waals surface area contributed by atoms with Gasteiger partial charge in [0.05, 0.1) is 0 Å². The van der Waals surface area contributed by atoms with Crippen molar-refractivity contribution in [2.45, 2.75) is 12.0 Å². The Bertz CT molecular complexity index is 362. The van der Waals surface area contributed by atoms with Gasteiger partial charge in [0.25, 0.3) is 0 Å². The molecule has 0 aromatic heterocycles. The van der Waals surface area contributed by atoms with Crippen molar-refractivity contribution in [3.63, 3.8) is 0 Å². The van der Waals surface area contributed by atoms with Crippen molar-refractivity contribution in [2.75, 3.05) is 0 Å². The Hall–Kier alpha value is -1.22. The lowest BCUT2D eigenvalue weighted by atomic mass is 10.1. The Morgan fingerprint density at radius 2 is 2.38 bits per heavy atom. The largest absolute Gasteiger partial charge is 0.478 e. The first-order chi connectivity index (χ1) is 6.18. The number of fused-ring (bicyclic) bond motifs is 1. The number of benzene rings is 1. The number of rotatable bonds is 1. The van der Waals surface area contributed by atoms with Crippen LogP contribution in [-0.2, 0) is 6.42 Å². The summed E-state index contributed by atoms with van der Waals surface area (Å²) in [6.07, 6.45) is 0.567. The first kappa shape index (κ1) is 8.38. The lowest BCUT2D eigenvalue weighted by Gasteiger charge is -2.03. The van der Waals surface area contributed by atoms with Gasteiger partial charge < -0.3 is 9.84 Å². The molecule has 0 spiro atoms. The van der Waals surface area contributed by atoms with E-state index in [4.69, 9.17) is 21.4 Å². The van der Waals surface area contributed by atoms with Gasteiger partial charge in [-0.15, -0.1) is 0 Å². The van der Waals surface area contributed by atoms with E-state index in [1.54, 1.807) is 6.07 Å². The minimum Gasteiger partial charge on any atom is -0.478 e. The van der Waals surface area contributed by atoms with Gasteiger partial charge in [-0.05, 0) is 6.07 Å². The van der Waals surface area contributed by atoms with Gasteiger partial charge in [-0.1, -0.05) is 23.7 Å². The van der Waals surface area contributed by atoms with Crippen molar-refractivity contribution in [3.8, 4) is 5.75 Å². The number of carbonyl (C=O) groups is 1. The van der Waals surface area contributed by atoms with Gasteiger partial charge in [-0.3, -0.25) is 0 Å². The molecule has 0 radical (unpaired) electrons. The molecule has 13 heavy (non-hydrogen) atoms. The minimum absolute atomic E-state index is 0.181. The fourth-order valence-corrected chi connectivity index (χ4v) is 1.65. The highest BCUT2D eigenvalue weighted by Crippen LogP contribution is 2.33. The van der Waals surface area contributed by atoms with Crippen LogP contribution in [0.2, 0.25) is 0 Å². The maximum absolute atomic E-state index is 10.7. The lowest BCUT2D eigenvalue weighted by Crippen LogP contribution is -2.04. The molecule has 1 aliphatic rings. The predicted molar refractivity (Wildman–Crippen MR) is 47.4 cm³/mol. The highest BCUT2D eigenvalue weighted by atomic mass is 35.5. The van der Waals surface area contributed by atoms with Crippen LogP contribution in [0.1, 0.15) is 15.9 Å². The molecule has 1 heterocycles. The molecule has 68 valence electrons. The molecule has 3 nitrogen and oxygen atoms in total. The van der Waals surface area contributed by atoms with Crippen molar-refractivity contribution in [3.05, 3.63) is 29.3 Å². The molecule has 1 N–H and O–H groups in total. The highest BCUT2D eigenvalue weighted by Gasteiger charge is 2.25. The van der Waals surface area contributed by atoms with E-state index in [1.165, 1.54) is 6.07 Å². The van der Waals surface area contributed by atoms with Crippen molar-refractivity contribution in [1.82, 2.24) is 0 Å². The summed E-state index contributed by atoms with van der Waals surface area (Å²) in [6, 6.07) is 5.03. The summed E-state index contributed by atoms with van der Waals surface area (Å²) in [4.78, 5) is 10.7. The van der Waals surface area contributed by atoms with E-state index in [0.29, 0.717) is 12.2 Å². The average Bonchev–Trinajstić information content (AvgIpc) is 2.43. The van der Waals surface area contributed by atoms with Crippen LogP contribution in [0, 0.1) is 0 Å². The number of carboxylic acids is 1. The molecule has 0 fully saturated rings. The van der Waals surface area contributed by atoms with Crippen molar-refractivity contribution < 1.29 is 14.6 Å². The molecule has 1 aliphatic heterocycles. The first-order valence-corrected chi connectivity index (χ1v) is 4.28. The smallest absolute Gasteiger partial charge is 0.339 e.